The third-order valence-corrected chi connectivity index (χ3v) is 2.35. The van der Waals surface area contributed by atoms with E-state index in [4.69, 9.17) is 0 Å². The van der Waals surface area contributed by atoms with Crippen molar-refractivity contribution in [3.63, 3.8) is 0 Å². The minimum atomic E-state index is 0.731. The molecule has 1 atom stereocenters. The zero-order valence-corrected chi connectivity index (χ0v) is 8.75. The van der Waals surface area contributed by atoms with Crippen LogP contribution in [-0.4, -0.2) is 23.4 Å². The first kappa shape index (κ1) is 10.3. The first-order valence-electron chi connectivity index (χ1n) is 4.88. The van der Waals surface area contributed by atoms with Gasteiger partial charge < -0.3 is 5.32 Å². The molecule has 0 aliphatic rings. The second-order valence-electron chi connectivity index (χ2n) is 3.56. The molecule has 1 rings (SSSR count). The van der Waals surface area contributed by atoms with Crippen molar-refractivity contribution in [1.82, 2.24) is 15.1 Å². The molecule has 0 aliphatic heterocycles. The lowest BCUT2D eigenvalue weighted by Gasteiger charge is -2.12. The second kappa shape index (κ2) is 5.02. The van der Waals surface area contributed by atoms with Gasteiger partial charge in [0.25, 0.3) is 0 Å². The Kier molecular flexibility index (Phi) is 3.96. The van der Waals surface area contributed by atoms with Crippen LogP contribution in [-0.2, 0) is 13.5 Å². The van der Waals surface area contributed by atoms with Gasteiger partial charge >= 0.3 is 0 Å². The molecule has 0 saturated heterocycles. The summed E-state index contributed by atoms with van der Waals surface area (Å²) in [4.78, 5) is 0. The average Bonchev–Trinajstić information content (AvgIpc) is 2.50. The van der Waals surface area contributed by atoms with Gasteiger partial charge in [-0.1, -0.05) is 13.3 Å². The van der Waals surface area contributed by atoms with Crippen molar-refractivity contribution in [2.45, 2.75) is 19.8 Å². The molecule has 0 saturated carbocycles. The molecule has 0 spiro atoms. The van der Waals surface area contributed by atoms with Crippen LogP contribution in [0.2, 0.25) is 0 Å². The summed E-state index contributed by atoms with van der Waals surface area (Å²) in [7, 11) is 3.97. The van der Waals surface area contributed by atoms with E-state index in [1.54, 1.807) is 0 Å². The van der Waals surface area contributed by atoms with E-state index in [0.717, 1.165) is 18.9 Å². The second-order valence-corrected chi connectivity index (χ2v) is 3.56. The number of hydrogen-bond acceptors (Lipinski definition) is 2. The van der Waals surface area contributed by atoms with Gasteiger partial charge in [-0.3, -0.25) is 4.68 Å². The monoisotopic (exact) mass is 181 g/mol. The highest BCUT2D eigenvalue weighted by Crippen LogP contribution is 2.10. The van der Waals surface area contributed by atoms with Gasteiger partial charge in [-0.2, -0.15) is 5.10 Å². The summed E-state index contributed by atoms with van der Waals surface area (Å²) in [5.74, 6) is 0.731. The summed E-state index contributed by atoms with van der Waals surface area (Å²) in [6.45, 7) is 3.32. The van der Waals surface area contributed by atoms with Crippen LogP contribution in [0.25, 0.3) is 0 Å². The van der Waals surface area contributed by atoms with Crippen LogP contribution in [0, 0.1) is 5.92 Å². The molecule has 0 amide bonds. The Morgan fingerprint density at radius 1 is 1.62 bits per heavy atom. The predicted molar refractivity (Wildman–Crippen MR) is 54.6 cm³/mol. The fraction of sp³-hybridized carbons (Fsp3) is 0.700. The van der Waals surface area contributed by atoms with Crippen molar-refractivity contribution in [3.8, 4) is 0 Å². The number of aromatic nitrogens is 2. The molecular formula is C10H19N3. The van der Waals surface area contributed by atoms with Crippen LogP contribution in [0.1, 0.15) is 18.9 Å². The summed E-state index contributed by atoms with van der Waals surface area (Å²) in [6, 6.07) is 0. The topological polar surface area (TPSA) is 29.9 Å². The zero-order valence-electron chi connectivity index (χ0n) is 8.75. The lowest BCUT2D eigenvalue weighted by atomic mass is 9.99. The zero-order chi connectivity index (χ0) is 9.68. The van der Waals surface area contributed by atoms with E-state index < -0.39 is 0 Å². The van der Waals surface area contributed by atoms with Crippen LogP contribution in [0.3, 0.4) is 0 Å². The van der Waals surface area contributed by atoms with Crippen LogP contribution in [0.4, 0.5) is 0 Å². The van der Waals surface area contributed by atoms with Crippen LogP contribution >= 0.6 is 0 Å². The molecule has 13 heavy (non-hydrogen) atoms. The van der Waals surface area contributed by atoms with E-state index in [9.17, 15) is 0 Å². The van der Waals surface area contributed by atoms with Gasteiger partial charge in [0.15, 0.2) is 0 Å². The fourth-order valence-electron chi connectivity index (χ4n) is 1.56. The van der Waals surface area contributed by atoms with Gasteiger partial charge in [-0.05, 0) is 31.5 Å². The van der Waals surface area contributed by atoms with Crippen molar-refractivity contribution in [2.75, 3.05) is 13.6 Å². The van der Waals surface area contributed by atoms with E-state index in [1.807, 2.05) is 25.0 Å². The predicted octanol–water partition coefficient (Wildman–Crippen LogP) is 1.21. The first-order chi connectivity index (χ1) is 6.26. The molecule has 74 valence electrons. The Morgan fingerprint density at radius 3 is 2.85 bits per heavy atom. The summed E-state index contributed by atoms with van der Waals surface area (Å²) in [5, 5.41) is 7.38. The van der Waals surface area contributed by atoms with Crippen molar-refractivity contribution >= 4 is 0 Å². The van der Waals surface area contributed by atoms with Gasteiger partial charge in [0, 0.05) is 13.2 Å². The molecule has 3 heteroatoms. The van der Waals surface area contributed by atoms with Crippen LogP contribution in [0.5, 0.6) is 0 Å². The molecule has 1 unspecified atom stereocenters. The third kappa shape index (κ3) is 3.19. The molecule has 1 aromatic rings. The van der Waals surface area contributed by atoms with Crippen molar-refractivity contribution in [3.05, 3.63) is 18.0 Å². The summed E-state index contributed by atoms with van der Waals surface area (Å²) in [5.41, 5.74) is 1.34. The Morgan fingerprint density at radius 2 is 2.38 bits per heavy atom. The Bertz CT molecular complexity index is 242. The maximum atomic E-state index is 4.16. The Labute approximate surface area is 80.1 Å². The smallest absolute Gasteiger partial charge is 0.0521 e. The Hall–Kier alpha value is -0.830. The van der Waals surface area contributed by atoms with Crippen LogP contribution < -0.4 is 5.32 Å². The number of aryl methyl sites for hydroxylation is 1. The molecule has 1 aromatic heterocycles. The molecule has 0 fully saturated rings. The average molecular weight is 181 g/mol. The molecule has 0 aliphatic carbocycles. The van der Waals surface area contributed by atoms with E-state index in [2.05, 4.69) is 23.5 Å². The van der Waals surface area contributed by atoms with Crippen LogP contribution in [0.15, 0.2) is 12.4 Å². The van der Waals surface area contributed by atoms with Crippen molar-refractivity contribution in [2.24, 2.45) is 13.0 Å². The number of nitrogens with zero attached hydrogens (tertiary/aromatic N) is 2. The number of nitrogens with one attached hydrogen (secondary N) is 1. The Balaban J connectivity index is 2.46. The van der Waals surface area contributed by atoms with E-state index in [1.165, 1.54) is 12.0 Å². The highest BCUT2D eigenvalue weighted by Gasteiger charge is 2.07. The molecule has 1 N–H and O–H groups in total. The van der Waals surface area contributed by atoms with Gasteiger partial charge in [-0.25, -0.2) is 0 Å². The fourth-order valence-corrected chi connectivity index (χ4v) is 1.56. The molecule has 3 nitrogen and oxygen atoms in total. The molecule has 1 heterocycles. The van der Waals surface area contributed by atoms with Crippen molar-refractivity contribution < 1.29 is 0 Å². The van der Waals surface area contributed by atoms with Gasteiger partial charge in [-0.15, -0.1) is 0 Å². The third-order valence-electron chi connectivity index (χ3n) is 2.35. The molecule has 0 aromatic carbocycles. The quantitative estimate of drug-likeness (QED) is 0.740. The standard InChI is InChI=1S/C10H19N3/c1-4-9(6-11-2)5-10-7-12-13(3)8-10/h7-9,11H,4-6H2,1-3H3. The lowest BCUT2D eigenvalue weighted by Crippen LogP contribution is -2.19. The van der Waals surface area contributed by atoms with Gasteiger partial charge in [0.05, 0.1) is 6.20 Å². The maximum absolute atomic E-state index is 4.16. The highest BCUT2D eigenvalue weighted by atomic mass is 15.2. The molecule has 0 bridgehead atoms. The van der Waals surface area contributed by atoms with Gasteiger partial charge in [0.1, 0.15) is 0 Å². The van der Waals surface area contributed by atoms with E-state index in [-0.39, 0.29) is 0 Å². The largest absolute Gasteiger partial charge is 0.319 e. The van der Waals surface area contributed by atoms with E-state index in [0.29, 0.717) is 0 Å². The maximum Gasteiger partial charge on any atom is 0.0521 e. The summed E-state index contributed by atoms with van der Waals surface area (Å²) >= 11 is 0. The van der Waals surface area contributed by atoms with E-state index >= 15 is 0 Å². The minimum absolute atomic E-state index is 0.731. The minimum Gasteiger partial charge on any atom is -0.319 e. The molecule has 0 radical (unpaired) electrons. The lowest BCUT2D eigenvalue weighted by molar-refractivity contribution is 0.481. The highest BCUT2D eigenvalue weighted by molar-refractivity contribution is 5.04. The SMILES string of the molecule is CCC(CNC)Cc1cnn(C)c1. The van der Waals surface area contributed by atoms with Gasteiger partial charge in [0.2, 0.25) is 0 Å². The first-order valence-corrected chi connectivity index (χ1v) is 4.88. The number of rotatable bonds is 5. The summed E-state index contributed by atoms with van der Waals surface area (Å²) in [6.07, 6.45) is 6.40. The number of hydrogen-bond donors (Lipinski definition) is 1. The summed E-state index contributed by atoms with van der Waals surface area (Å²) < 4.78 is 1.86. The van der Waals surface area contributed by atoms with Crippen molar-refractivity contribution in [1.29, 1.82) is 0 Å². The normalized spacial score (nSPS) is 13.2. The molecular weight excluding hydrogens is 162 g/mol.